The SMILES string of the molecule is Cc1nc(-c2cccnc2)[nH]c(=O)c1CC(=O)NC1CCCCCCC1. The van der Waals surface area contributed by atoms with Crippen LogP contribution in [0.2, 0.25) is 0 Å². The summed E-state index contributed by atoms with van der Waals surface area (Å²) in [4.78, 5) is 36.2. The third-order valence-electron chi connectivity index (χ3n) is 4.96. The van der Waals surface area contributed by atoms with Crippen LogP contribution in [-0.2, 0) is 11.2 Å². The number of carbonyl (C=O) groups is 1. The Morgan fingerprint density at radius 2 is 1.96 bits per heavy atom. The average molecular weight is 354 g/mol. The van der Waals surface area contributed by atoms with Gasteiger partial charge in [0.2, 0.25) is 5.91 Å². The van der Waals surface area contributed by atoms with Crippen LogP contribution in [0.25, 0.3) is 11.4 Å². The second kappa shape index (κ2) is 8.74. The highest BCUT2D eigenvalue weighted by Crippen LogP contribution is 2.17. The molecular formula is C20H26N4O2. The molecule has 0 radical (unpaired) electrons. The monoisotopic (exact) mass is 354 g/mol. The molecule has 1 aliphatic rings. The fourth-order valence-electron chi connectivity index (χ4n) is 3.50. The summed E-state index contributed by atoms with van der Waals surface area (Å²) in [5.74, 6) is 0.380. The number of pyridine rings is 1. The van der Waals surface area contributed by atoms with Gasteiger partial charge in [0.15, 0.2) is 0 Å². The Kier molecular flexibility index (Phi) is 6.15. The molecule has 0 unspecified atom stereocenters. The van der Waals surface area contributed by atoms with Crippen LogP contribution in [0.3, 0.4) is 0 Å². The number of aryl methyl sites for hydroxylation is 1. The first-order chi connectivity index (χ1) is 12.6. The van der Waals surface area contributed by atoms with Gasteiger partial charge in [0, 0.05) is 35.3 Å². The van der Waals surface area contributed by atoms with E-state index in [9.17, 15) is 9.59 Å². The quantitative estimate of drug-likeness (QED) is 0.884. The van der Waals surface area contributed by atoms with E-state index in [1.54, 1.807) is 25.4 Å². The zero-order valence-electron chi connectivity index (χ0n) is 15.3. The lowest BCUT2D eigenvalue weighted by molar-refractivity contribution is -0.121. The molecule has 1 amide bonds. The lowest BCUT2D eigenvalue weighted by Gasteiger charge is -2.21. The summed E-state index contributed by atoms with van der Waals surface area (Å²) in [6.45, 7) is 1.77. The van der Waals surface area contributed by atoms with E-state index >= 15 is 0 Å². The van der Waals surface area contributed by atoms with Gasteiger partial charge in [-0.1, -0.05) is 32.1 Å². The highest BCUT2D eigenvalue weighted by Gasteiger charge is 2.17. The number of amides is 1. The van der Waals surface area contributed by atoms with Gasteiger partial charge in [-0.2, -0.15) is 0 Å². The fraction of sp³-hybridized carbons (Fsp3) is 0.500. The largest absolute Gasteiger partial charge is 0.353 e. The lowest BCUT2D eigenvalue weighted by Crippen LogP contribution is -2.37. The van der Waals surface area contributed by atoms with Crippen LogP contribution in [-0.4, -0.2) is 26.9 Å². The molecule has 0 aromatic carbocycles. The van der Waals surface area contributed by atoms with E-state index in [4.69, 9.17) is 0 Å². The maximum atomic E-state index is 12.5. The van der Waals surface area contributed by atoms with Crippen LogP contribution < -0.4 is 10.9 Å². The Bertz CT molecular complexity index is 793. The van der Waals surface area contributed by atoms with E-state index in [0.717, 1.165) is 31.2 Å². The van der Waals surface area contributed by atoms with Crippen molar-refractivity contribution in [2.75, 3.05) is 0 Å². The molecular weight excluding hydrogens is 328 g/mol. The Balaban J connectivity index is 1.69. The van der Waals surface area contributed by atoms with Gasteiger partial charge in [-0.15, -0.1) is 0 Å². The van der Waals surface area contributed by atoms with Crippen molar-refractivity contribution in [3.05, 3.63) is 46.1 Å². The van der Waals surface area contributed by atoms with Gasteiger partial charge in [0.1, 0.15) is 5.82 Å². The highest BCUT2D eigenvalue weighted by molar-refractivity contribution is 5.79. The topological polar surface area (TPSA) is 87.7 Å². The summed E-state index contributed by atoms with van der Waals surface area (Å²) in [5, 5.41) is 3.11. The summed E-state index contributed by atoms with van der Waals surface area (Å²) in [7, 11) is 0. The molecule has 6 nitrogen and oxygen atoms in total. The molecule has 0 spiro atoms. The number of H-pyrrole nitrogens is 1. The molecule has 26 heavy (non-hydrogen) atoms. The van der Waals surface area contributed by atoms with E-state index in [0.29, 0.717) is 17.1 Å². The highest BCUT2D eigenvalue weighted by atomic mass is 16.2. The second-order valence-corrected chi connectivity index (χ2v) is 7.01. The van der Waals surface area contributed by atoms with Crippen LogP contribution >= 0.6 is 0 Å². The Labute approximate surface area is 153 Å². The molecule has 6 heteroatoms. The Morgan fingerprint density at radius 3 is 2.62 bits per heavy atom. The second-order valence-electron chi connectivity index (χ2n) is 7.01. The molecule has 2 aromatic heterocycles. The van der Waals surface area contributed by atoms with E-state index in [-0.39, 0.29) is 23.9 Å². The zero-order chi connectivity index (χ0) is 18.4. The maximum absolute atomic E-state index is 12.5. The van der Waals surface area contributed by atoms with Gasteiger partial charge < -0.3 is 10.3 Å². The first-order valence-electron chi connectivity index (χ1n) is 9.43. The van der Waals surface area contributed by atoms with Crippen LogP contribution in [0.1, 0.15) is 56.2 Å². The number of hydrogen-bond donors (Lipinski definition) is 2. The molecule has 3 rings (SSSR count). The minimum atomic E-state index is -0.260. The molecule has 1 saturated carbocycles. The number of aromatic amines is 1. The molecule has 1 fully saturated rings. The van der Waals surface area contributed by atoms with Crippen molar-refractivity contribution in [3.8, 4) is 11.4 Å². The van der Waals surface area contributed by atoms with Crippen LogP contribution in [0, 0.1) is 6.92 Å². The third-order valence-corrected chi connectivity index (χ3v) is 4.96. The van der Waals surface area contributed by atoms with Crippen molar-refractivity contribution in [3.63, 3.8) is 0 Å². The summed E-state index contributed by atoms with van der Waals surface area (Å²) in [6.07, 6.45) is 11.5. The first-order valence-corrected chi connectivity index (χ1v) is 9.43. The lowest BCUT2D eigenvalue weighted by atomic mass is 9.96. The average Bonchev–Trinajstić information content (AvgIpc) is 2.61. The fourth-order valence-corrected chi connectivity index (χ4v) is 3.50. The predicted octanol–water partition coefficient (Wildman–Crippen LogP) is 2.91. The van der Waals surface area contributed by atoms with Crippen molar-refractivity contribution in [1.82, 2.24) is 20.3 Å². The van der Waals surface area contributed by atoms with E-state index in [2.05, 4.69) is 20.3 Å². The van der Waals surface area contributed by atoms with Crippen molar-refractivity contribution in [2.24, 2.45) is 0 Å². The van der Waals surface area contributed by atoms with Crippen LogP contribution in [0.5, 0.6) is 0 Å². The summed E-state index contributed by atoms with van der Waals surface area (Å²) in [6, 6.07) is 3.86. The number of nitrogens with zero attached hydrogens (tertiary/aromatic N) is 2. The van der Waals surface area contributed by atoms with Gasteiger partial charge in [-0.3, -0.25) is 14.6 Å². The standard InChI is InChI=1S/C20H26N4O2/c1-14-17(12-18(25)23-16-9-5-3-2-4-6-10-16)20(26)24-19(22-14)15-8-7-11-21-13-15/h7-8,11,13,16H,2-6,9-10,12H2,1H3,(H,23,25)(H,22,24,26). The Morgan fingerprint density at radius 1 is 1.23 bits per heavy atom. The molecule has 138 valence electrons. The molecule has 2 heterocycles. The van der Waals surface area contributed by atoms with Gasteiger partial charge in [-0.05, 0) is 31.9 Å². The molecule has 0 saturated heterocycles. The number of aromatic nitrogens is 3. The van der Waals surface area contributed by atoms with Crippen molar-refractivity contribution < 1.29 is 4.79 Å². The number of nitrogens with one attached hydrogen (secondary N) is 2. The van der Waals surface area contributed by atoms with E-state index in [1.807, 2.05) is 6.07 Å². The van der Waals surface area contributed by atoms with Crippen molar-refractivity contribution in [2.45, 2.75) is 64.3 Å². The van der Waals surface area contributed by atoms with E-state index in [1.165, 1.54) is 19.3 Å². The molecule has 0 bridgehead atoms. The van der Waals surface area contributed by atoms with E-state index < -0.39 is 0 Å². The normalized spacial score (nSPS) is 15.9. The summed E-state index contributed by atoms with van der Waals surface area (Å²) in [5.41, 5.74) is 1.50. The van der Waals surface area contributed by atoms with Gasteiger partial charge in [0.05, 0.1) is 6.42 Å². The molecule has 2 aromatic rings. The van der Waals surface area contributed by atoms with Gasteiger partial charge >= 0.3 is 0 Å². The minimum absolute atomic E-state index is 0.0674. The van der Waals surface area contributed by atoms with Gasteiger partial charge in [0.25, 0.3) is 5.56 Å². The number of hydrogen-bond acceptors (Lipinski definition) is 4. The Hall–Kier alpha value is -2.50. The molecule has 0 atom stereocenters. The number of carbonyl (C=O) groups excluding carboxylic acids is 1. The summed E-state index contributed by atoms with van der Waals surface area (Å²) < 4.78 is 0. The predicted molar refractivity (Wildman–Crippen MR) is 101 cm³/mol. The molecule has 2 N–H and O–H groups in total. The smallest absolute Gasteiger partial charge is 0.255 e. The maximum Gasteiger partial charge on any atom is 0.255 e. The first kappa shape index (κ1) is 18.3. The van der Waals surface area contributed by atoms with Crippen LogP contribution in [0.15, 0.2) is 29.3 Å². The number of rotatable bonds is 4. The van der Waals surface area contributed by atoms with Gasteiger partial charge in [-0.25, -0.2) is 4.98 Å². The van der Waals surface area contributed by atoms with Crippen LogP contribution in [0.4, 0.5) is 0 Å². The third kappa shape index (κ3) is 4.77. The minimum Gasteiger partial charge on any atom is -0.353 e. The summed E-state index contributed by atoms with van der Waals surface area (Å²) >= 11 is 0. The van der Waals surface area contributed by atoms with Crippen molar-refractivity contribution >= 4 is 5.91 Å². The molecule has 1 aliphatic carbocycles. The molecule has 0 aliphatic heterocycles. The van der Waals surface area contributed by atoms with Crippen molar-refractivity contribution in [1.29, 1.82) is 0 Å². The zero-order valence-corrected chi connectivity index (χ0v) is 15.3.